The van der Waals surface area contributed by atoms with E-state index in [9.17, 15) is 54.6 Å². The summed E-state index contributed by atoms with van der Waals surface area (Å²) >= 11 is 1.31. The molecule has 3 aliphatic rings. The number of benzene rings is 3. The lowest BCUT2D eigenvalue weighted by Gasteiger charge is -2.46. The number of nitrogens with zero attached hydrogens (tertiary/aromatic N) is 6. The lowest BCUT2D eigenvalue weighted by atomic mass is 9.79. The van der Waals surface area contributed by atoms with Crippen LogP contribution in [0.25, 0.3) is 0 Å². The Labute approximate surface area is 358 Å². The number of hydrogen-bond donors (Lipinski definition) is 1. The molecular weight excluding hydrogens is 833 g/mol. The summed E-state index contributed by atoms with van der Waals surface area (Å²) in [5.41, 5.74) is 1.19. The molecule has 6 rings (SSSR count). The number of nitro benzene ring substituents is 3. The molecule has 0 aromatic heterocycles. The van der Waals surface area contributed by atoms with Crippen LogP contribution in [-0.4, -0.2) is 102 Å². The maximum Gasteiger partial charge on any atom is 0.410 e. The van der Waals surface area contributed by atoms with Gasteiger partial charge in [-0.2, -0.15) is 0 Å². The van der Waals surface area contributed by atoms with Crippen molar-refractivity contribution in [1.82, 2.24) is 14.7 Å². The minimum absolute atomic E-state index is 0.0240. The molecule has 3 aromatic rings. The van der Waals surface area contributed by atoms with E-state index in [2.05, 4.69) is 0 Å². The van der Waals surface area contributed by atoms with E-state index in [0.717, 1.165) is 0 Å². The van der Waals surface area contributed by atoms with E-state index >= 15 is 0 Å². The highest BCUT2D eigenvalue weighted by atomic mass is 32.2. The second-order valence-electron chi connectivity index (χ2n) is 15.4. The van der Waals surface area contributed by atoms with Gasteiger partial charge in [0.05, 0.1) is 32.8 Å². The summed E-state index contributed by atoms with van der Waals surface area (Å²) in [4.78, 5) is 90.7. The summed E-state index contributed by atoms with van der Waals surface area (Å²) in [7, 11) is 1.54. The number of non-ortho nitro benzene ring substituents is 3. The first-order valence-corrected chi connectivity index (χ1v) is 20.4. The molecule has 2 fully saturated rings. The smallest absolute Gasteiger partial charge is 0.410 e. The Morgan fingerprint density at radius 3 is 1.74 bits per heavy atom. The number of hydrogen-bond acceptors (Lipinski definition) is 15. The van der Waals surface area contributed by atoms with Crippen LogP contribution < -0.4 is 0 Å². The van der Waals surface area contributed by atoms with Crippen LogP contribution in [0, 0.1) is 42.2 Å². The molecule has 3 heterocycles. The molecule has 0 saturated carbocycles. The number of carbonyl (C=O) groups is 4. The van der Waals surface area contributed by atoms with Crippen molar-refractivity contribution in [3.63, 3.8) is 0 Å². The normalized spacial score (nSPS) is 21.4. The van der Waals surface area contributed by atoms with Gasteiger partial charge in [-0.3, -0.25) is 35.1 Å². The SMILES string of the molecule is CC(C[C@@H]1C[C@H](SC2=C(C(=O)OCc3ccc([N+](=O)[O-])cc3)N3C(=O)[C@H]([C@@H](C)O)[C@H]3[C@H]2C)CN1C(=O)OCc1ccc([N+](=O)[O-])cc1)N(C)C(=O)OCc1ccc([N+](=O)[O-])cc1. The van der Waals surface area contributed by atoms with Crippen LogP contribution >= 0.6 is 11.8 Å². The highest BCUT2D eigenvalue weighted by Gasteiger charge is 2.60. The van der Waals surface area contributed by atoms with Crippen molar-refractivity contribution in [3.05, 3.63) is 130 Å². The molecule has 3 aliphatic heterocycles. The van der Waals surface area contributed by atoms with Crippen LogP contribution in [0.15, 0.2) is 83.4 Å². The van der Waals surface area contributed by atoms with Crippen molar-refractivity contribution in [2.24, 2.45) is 11.8 Å². The number of carbonyl (C=O) groups excluding carboxylic acids is 4. The summed E-state index contributed by atoms with van der Waals surface area (Å²) in [6.45, 7) is 4.71. The van der Waals surface area contributed by atoms with Gasteiger partial charge in [0.2, 0.25) is 5.91 Å². The fourth-order valence-corrected chi connectivity index (χ4v) is 9.38. The average Bonchev–Trinajstić information content (AvgIpc) is 3.75. The zero-order valence-corrected chi connectivity index (χ0v) is 34.9. The van der Waals surface area contributed by atoms with Crippen LogP contribution in [-0.2, 0) is 43.6 Å². The standard InChI is InChI=1S/C41H44N6O14S/c1-23(42(4)40(51)60-21-27-7-13-30(14-8-27)46(55)56)17-32-18-33(19-43(32)41(52)61-22-28-9-15-31(16-10-28)47(57)58)62-37-24(2)35-34(25(3)48)38(49)44(35)36(37)39(50)59-20-26-5-11-29(12-6-26)45(53)54/h5-16,23-25,32-35,48H,17-22H2,1-4H3/t23?,24-,25-,32-,33+,34-,35-/m1/s1. The minimum Gasteiger partial charge on any atom is -0.456 e. The monoisotopic (exact) mass is 876 g/mol. The number of ether oxygens (including phenoxy) is 3. The highest BCUT2D eigenvalue weighted by molar-refractivity contribution is 8.03. The average molecular weight is 877 g/mol. The zero-order valence-electron chi connectivity index (χ0n) is 34.1. The fraction of sp³-hybridized carbons (Fsp3) is 0.415. The Bertz CT molecular complexity index is 2250. The molecule has 0 aliphatic carbocycles. The first kappa shape index (κ1) is 44.9. The number of β-lactam (4-membered cyclic amide) rings is 1. The predicted octanol–water partition coefficient (Wildman–Crippen LogP) is 6.08. The van der Waals surface area contributed by atoms with Gasteiger partial charge in [-0.15, -0.1) is 11.8 Å². The van der Waals surface area contributed by atoms with E-state index in [1.807, 2.05) is 6.92 Å². The van der Waals surface area contributed by atoms with E-state index in [1.165, 1.54) is 106 Å². The van der Waals surface area contributed by atoms with Gasteiger partial charge in [0, 0.05) is 78.1 Å². The van der Waals surface area contributed by atoms with Crippen LogP contribution in [0.5, 0.6) is 0 Å². The molecule has 0 radical (unpaired) electrons. The number of fused-ring (bicyclic) bond motifs is 1. The molecular formula is C41H44N6O14S. The molecule has 21 heteroatoms. The lowest BCUT2D eigenvalue weighted by Crippen LogP contribution is -2.63. The van der Waals surface area contributed by atoms with Crippen molar-refractivity contribution < 1.29 is 53.3 Å². The first-order valence-electron chi connectivity index (χ1n) is 19.6. The van der Waals surface area contributed by atoms with Gasteiger partial charge in [-0.1, -0.05) is 6.92 Å². The summed E-state index contributed by atoms with van der Waals surface area (Å²) in [6.07, 6.45) is -1.72. The maximum atomic E-state index is 13.9. The second kappa shape index (κ2) is 19.0. The van der Waals surface area contributed by atoms with E-state index in [0.29, 0.717) is 28.0 Å². The summed E-state index contributed by atoms with van der Waals surface area (Å²) in [6, 6.07) is 15.1. The number of esters is 1. The van der Waals surface area contributed by atoms with Gasteiger partial charge in [-0.25, -0.2) is 14.4 Å². The Kier molecular flexibility index (Phi) is 13.8. The Hall–Kier alpha value is -6.61. The number of aliphatic hydroxyl groups excluding tert-OH is 1. The summed E-state index contributed by atoms with van der Waals surface area (Å²) < 4.78 is 16.8. The fourth-order valence-electron chi connectivity index (χ4n) is 7.82. The number of nitro groups is 3. The molecule has 20 nitrogen and oxygen atoms in total. The minimum atomic E-state index is -0.996. The van der Waals surface area contributed by atoms with Crippen LogP contribution in [0.3, 0.4) is 0 Å². The van der Waals surface area contributed by atoms with Crippen LogP contribution in [0.1, 0.15) is 50.3 Å². The number of thioether (sulfide) groups is 1. The van der Waals surface area contributed by atoms with Gasteiger partial charge < -0.3 is 34.0 Å². The zero-order chi connectivity index (χ0) is 45.0. The lowest BCUT2D eigenvalue weighted by molar-refractivity contribution is -0.385. The third kappa shape index (κ3) is 9.78. The van der Waals surface area contributed by atoms with E-state index in [1.54, 1.807) is 14.0 Å². The van der Waals surface area contributed by atoms with Crippen LogP contribution in [0.2, 0.25) is 0 Å². The molecule has 3 amide bonds. The molecule has 62 heavy (non-hydrogen) atoms. The van der Waals surface area contributed by atoms with E-state index in [-0.39, 0.29) is 60.8 Å². The number of likely N-dealkylation sites (tertiary alicyclic amines) is 1. The molecule has 2 saturated heterocycles. The Balaban J connectivity index is 1.20. The quantitative estimate of drug-likeness (QED) is 0.0562. The third-order valence-electron chi connectivity index (χ3n) is 11.3. The van der Waals surface area contributed by atoms with E-state index < -0.39 is 74.9 Å². The largest absolute Gasteiger partial charge is 0.456 e. The van der Waals surface area contributed by atoms with Gasteiger partial charge in [0.25, 0.3) is 17.1 Å². The highest BCUT2D eigenvalue weighted by Crippen LogP contribution is 2.52. The first-order chi connectivity index (χ1) is 29.4. The van der Waals surface area contributed by atoms with Gasteiger partial charge >= 0.3 is 18.2 Å². The number of rotatable bonds is 16. The summed E-state index contributed by atoms with van der Waals surface area (Å²) in [5, 5.41) is 43.4. The Morgan fingerprint density at radius 2 is 1.27 bits per heavy atom. The molecule has 7 atom stereocenters. The number of aliphatic hydroxyl groups is 1. The number of amides is 3. The molecule has 1 unspecified atom stereocenters. The van der Waals surface area contributed by atoms with Crippen molar-refractivity contribution in [1.29, 1.82) is 0 Å². The predicted molar refractivity (Wildman–Crippen MR) is 220 cm³/mol. The van der Waals surface area contributed by atoms with Gasteiger partial charge in [0.1, 0.15) is 25.5 Å². The van der Waals surface area contributed by atoms with Gasteiger partial charge in [-0.05, 0) is 79.8 Å². The van der Waals surface area contributed by atoms with Gasteiger partial charge in [0.15, 0.2) is 0 Å². The topological polar surface area (TPSA) is 255 Å². The molecule has 0 spiro atoms. The Morgan fingerprint density at radius 1 is 0.806 bits per heavy atom. The molecule has 1 N–H and O–H groups in total. The molecule has 328 valence electrons. The molecule has 3 aromatic carbocycles. The summed E-state index contributed by atoms with van der Waals surface area (Å²) in [5.74, 6) is -2.41. The van der Waals surface area contributed by atoms with Crippen molar-refractivity contribution in [3.8, 4) is 0 Å². The maximum absolute atomic E-state index is 13.9. The second-order valence-corrected chi connectivity index (χ2v) is 16.7. The third-order valence-corrected chi connectivity index (χ3v) is 12.8. The van der Waals surface area contributed by atoms with Crippen LogP contribution in [0.4, 0.5) is 26.7 Å². The van der Waals surface area contributed by atoms with E-state index in [4.69, 9.17) is 14.2 Å². The molecule has 0 bridgehead atoms. The van der Waals surface area contributed by atoms with Crippen molar-refractivity contribution in [2.75, 3.05) is 13.6 Å². The van der Waals surface area contributed by atoms with Crippen molar-refractivity contribution >= 4 is 52.9 Å². The van der Waals surface area contributed by atoms with Crippen molar-refractivity contribution in [2.45, 2.75) is 82.9 Å².